The maximum Gasteiger partial charge on any atom is 0.133 e. The topological polar surface area (TPSA) is 21.3 Å². The standard InChI is InChI=1S/C16H17Br2NO/c1-19-15(12-4-6-13(17)7-5-12)10-11-3-8-16(20-2)14(18)9-11/h3-9,15,19H,10H2,1-2H3. The highest BCUT2D eigenvalue weighted by molar-refractivity contribution is 9.10. The third-order valence-corrected chi connectivity index (χ3v) is 4.43. The van der Waals surface area contributed by atoms with Crippen molar-refractivity contribution in [3.8, 4) is 5.75 Å². The molecule has 4 heteroatoms. The molecule has 0 radical (unpaired) electrons. The Morgan fingerprint density at radius 1 is 1.10 bits per heavy atom. The number of rotatable bonds is 5. The van der Waals surface area contributed by atoms with E-state index in [9.17, 15) is 0 Å². The molecule has 0 saturated heterocycles. The molecule has 20 heavy (non-hydrogen) atoms. The van der Waals surface area contributed by atoms with Gasteiger partial charge in [0.2, 0.25) is 0 Å². The van der Waals surface area contributed by atoms with E-state index in [1.807, 2.05) is 13.1 Å². The molecule has 0 bridgehead atoms. The predicted octanol–water partition coefficient (Wildman–Crippen LogP) is 4.72. The first-order chi connectivity index (χ1) is 9.63. The highest BCUT2D eigenvalue weighted by Crippen LogP contribution is 2.28. The Balaban J connectivity index is 2.17. The number of hydrogen-bond acceptors (Lipinski definition) is 2. The van der Waals surface area contributed by atoms with Crippen LogP contribution in [-0.2, 0) is 6.42 Å². The molecule has 0 heterocycles. The van der Waals surface area contributed by atoms with E-state index in [4.69, 9.17) is 4.74 Å². The largest absolute Gasteiger partial charge is 0.496 e. The Morgan fingerprint density at radius 2 is 1.80 bits per heavy atom. The summed E-state index contributed by atoms with van der Waals surface area (Å²) in [5.41, 5.74) is 2.54. The first kappa shape index (κ1) is 15.5. The Morgan fingerprint density at radius 3 is 2.35 bits per heavy atom. The Bertz CT molecular complexity index is 569. The summed E-state index contributed by atoms with van der Waals surface area (Å²) >= 11 is 7.00. The van der Waals surface area contributed by atoms with Gasteiger partial charge in [0.15, 0.2) is 0 Å². The number of methoxy groups -OCH3 is 1. The van der Waals surface area contributed by atoms with Gasteiger partial charge in [-0.3, -0.25) is 0 Å². The molecule has 1 unspecified atom stereocenters. The van der Waals surface area contributed by atoms with Crippen LogP contribution in [0.4, 0.5) is 0 Å². The van der Waals surface area contributed by atoms with Gasteiger partial charge in [0.1, 0.15) is 5.75 Å². The summed E-state index contributed by atoms with van der Waals surface area (Å²) in [7, 11) is 3.67. The van der Waals surface area contributed by atoms with E-state index in [-0.39, 0.29) is 0 Å². The first-order valence-electron chi connectivity index (χ1n) is 6.39. The highest BCUT2D eigenvalue weighted by atomic mass is 79.9. The van der Waals surface area contributed by atoms with Gasteiger partial charge in [-0.15, -0.1) is 0 Å². The van der Waals surface area contributed by atoms with E-state index in [1.165, 1.54) is 11.1 Å². The second-order valence-electron chi connectivity index (χ2n) is 4.57. The van der Waals surface area contributed by atoms with E-state index in [2.05, 4.69) is 73.6 Å². The van der Waals surface area contributed by atoms with Crippen molar-refractivity contribution in [2.45, 2.75) is 12.5 Å². The van der Waals surface area contributed by atoms with Crippen LogP contribution < -0.4 is 10.1 Å². The molecular weight excluding hydrogens is 382 g/mol. The lowest BCUT2D eigenvalue weighted by Gasteiger charge is -2.17. The van der Waals surface area contributed by atoms with Gasteiger partial charge in [0.05, 0.1) is 11.6 Å². The van der Waals surface area contributed by atoms with Gasteiger partial charge in [-0.05, 0) is 64.8 Å². The van der Waals surface area contributed by atoms with E-state index in [0.29, 0.717) is 6.04 Å². The van der Waals surface area contributed by atoms with E-state index < -0.39 is 0 Å². The second-order valence-corrected chi connectivity index (χ2v) is 6.34. The quantitative estimate of drug-likeness (QED) is 0.786. The van der Waals surface area contributed by atoms with Crippen LogP contribution >= 0.6 is 31.9 Å². The summed E-state index contributed by atoms with van der Waals surface area (Å²) in [6.07, 6.45) is 0.931. The number of likely N-dealkylation sites (N-methyl/N-ethyl adjacent to an activating group) is 1. The average molecular weight is 399 g/mol. The normalized spacial score (nSPS) is 12.2. The van der Waals surface area contributed by atoms with Gasteiger partial charge in [0.25, 0.3) is 0 Å². The molecular formula is C16H17Br2NO. The molecule has 1 atom stereocenters. The summed E-state index contributed by atoms with van der Waals surface area (Å²) in [5, 5.41) is 3.37. The SMILES string of the molecule is CNC(Cc1ccc(OC)c(Br)c1)c1ccc(Br)cc1. The zero-order chi connectivity index (χ0) is 14.5. The minimum Gasteiger partial charge on any atom is -0.496 e. The molecule has 2 rings (SSSR count). The lowest BCUT2D eigenvalue weighted by molar-refractivity contribution is 0.412. The highest BCUT2D eigenvalue weighted by Gasteiger charge is 2.11. The molecule has 0 saturated carbocycles. The Kier molecular flexibility index (Phi) is 5.64. The number of hydrogen-bond donors (Lipinski definition) is 1. The van der Waals surface area contributed by atoms with Crippen molar-refractivity contribution < 1.29 is 4.74 Å². The van der Waals surface area contributed by atoms with Crippen LogP contribution in [-0.4, -0.2) is 14.2 Å². The molecule has 2 aromatic rings. The number of ether oxygens (including phenoxy) is 1. The Hall–Kier alpha value is -0.840. The van der Waals surface area contributed by atoms with Crippen LogP contribution in [0.3, 0.4) is 0 Å². The van der Waals surface area contributed by atoms with Crippen molar-refractivity contribution in [1.82, 2.24) is 5.32 Å². The zero-order valence-electron chi connectivity index (χ0n) is 11.5. The van der Waals surface area contributed by atoms with Crippen LogP contribution in [0.1, 0.15) is 17.2 Å². The smallest absolute Gasteiger partial charge is 0.133 e. The fraction of sp³-hybridized carbons (Fsp3) is 0.250. The van der Waals surface area contributed by atoms with Crippen LogP contribution in [0.2, 0.25) is 0 Å². The van der Waals surface area contributed by atoms with Crippen molar-refractivity contribution in [2.75, 3.05) is 14.2 Å². The predicted molar refractivity (Wildman–Crippen MR) is 90.3 cm³/mol. The molecule has 0 aliphatic carbocycles. The minimum atomic E-state index is 0.295. The third kappa shape index (κ3) is 3.84. The van der Waals surface area contributed by atoms with Crippen molar-refractivity contribution >= 4 is 31.9 Å². The van der Waals surface area contributed by atoms with Crippen LogP contribution in [0, 0.1) is 0 Å². The van der Waals surface area contributed by atoms with Crippen molar-refractivity contribution in [1.29, 1.82) is 0 Å². The Labute approximate surface area is 136 Å². The van der Waals surface area contributed by atoms with Crippen LogP contribution in [0.5, 0.6) is 5.75 Å². The number of halogens is 2. The molecule has 1 N–H and O–H groups in total. The summed E-state index contributed by atoms with van der Waals surface area (Å²) < 4.78 is 7.35. The summed E-state index contributed by atoms with van der Waals surface area (Å²) in [6.45, 7) is 0. The number of benzene rings is 2. The van der Waals surface area contributed by atoms with Gasteiger partial charge in [0, 0.05) is 10.5 Å². The number of nitrogens with one attached hydrogen (secondary N) is 1. The van der Waals surface area contributed by atoms with Crippen molar-refractivity contribution in [2.24, 2.45) is 0 Å². The van der Waals surface area contributed by atoms with Crippen molar-refractivity contribution in [3.05, 3.63) is 62.5 Å². The van der Waals surface area contributed by atoms with Gasteiger partial charge in [-0.1, -0.05) is 34.1 Å². The molecule has 0 spiro atoms. The average Bonchev–Trinajstić information content (AvgIpc) is 2.46. The van der Waals surface area contributed by atoms with E-state index in [1.54, 1.807) is 7.11 Å². The molecule has 2 nitrogen and oxygen atoms in total. The van der Waals surface area contributed by atoms with Crippen molar-refractivity contribution in [3.63, 3.8) is 0 Å². The molecule has 0 amide bonds. The molecule has 0 fully saturated rings. The summed E-state index contributed by atoms with van der Waals surface area (Å²) in [5.74, 6) is 0.860. The lowest BCUT2D eigenvalue weighted by Crippen LogP contribution is -2.18. The molecule has 2 aromatic carbocycles. The van der Waals surface area contributed by atoms with Gasteiger partial charge >= 0.3 is 0 Å². The minimum absolute atomic E-state index is 0.295. The van der Waals surface area contributed by atoms with Gasteiger partial charge < -0.3 is 10.1 Å². The third-order valence-electron chi connectivity index (χ3n) is 3.28. The summed E-state index contributed by atoms with van der Waals surface area (Å²) in [6, 6.07) is 14.9. The fourth-order valence-electron chi connectivity index (χ4n) is 2.15. The van der Waals surface area contributed by atoms with Gasteiger partial charge in [-0.25, -0.2) is 0 Å². The maximum atomic E-state index is 5.26. The fourth-order valence-corrected chi connectivity index (χ4v) is 3.01. The molecule has 0 aliphatic rings. The van der Waals surface area contributed by atoms with Gasteiger partial charge in [-0.2, -0.15) is 0 Å². The molecule has 0 aromatic heterocycles. The summed E-state index contributed by atoms with van der Waals surface area (Å²) in [4.78, 5) is 0. The zero-order valence-corrected chi connectivity index (χ0v) is 14.7. The molecule has 0 aliphatic heterocycles. The lowest BCUT2D eigenvalue weighted by atomic mass is 9.99. The van der Waals surface area contributed by atoms with E-state index >= 15 is 0 Å². The van der Waals surface area contributed by atoms with Crippen LogP contribution in [0.25, 0.3) is 0 Å². The first-order valence-corrected chi connectivity index (χ1v) is 7.97. The monoisotopic (exact) mass is 397 g/mol. The maximum absolute atomic E-state index is 5.26. The molecule has 106 valence electrons. The van der Waals surface area contributed by atoms with E-state index in [0.717, 1.165) is 21.1 Å². The second kappa shape index (κ2) is 7.25. The van der Waals surface area contributed by atoms with Crippen LogP contribution in [0.15, 0.2) is 51.4 Å².